The first-order valence-electron chi connectivity index (χ1n) is 13.7. The number of anilines is 1. The van der Waals surface area contributed by atoms with Crippen LogP contribution in [0.1, 0.15) is 45.5 Å². The summed E-state index contributed by atoms with van der Waals surface area (Å²) in [5.74, 6) is -0.322. The molecule has 0 unspecified atom stereocenters. The van der Waals surface area contributed by atoms with E-state index in [1.54, 1.807) is 48.5 Å². The maximum atomic E-state index is 14.0. The first-order chi connectivity index (χ1) is 19.4. The van der Waals surface area contributed by atoms with Crippen molar-refractivity contribution >= 4 is 21.6 Å². The highest BCUT2D eigenvalue weighted by Gasteiger charge is 2.28. The fourth-order valence-corrected chi connectivity index (χ4v) is 6.56. The Bertz CT molecular complexity index is 1550. The maximum absolute atomic E-state index is 14.0. The first-order valence-corrected chi connectivity index (χ1v) is 15.1. The fraction of sp³-hybridized carbons (Fsp3) is 0.242. The summed E-state index contributed by atoms with van der Waals surface area (Å²) in [6.45, 7) is 5.53. The number of hydrogen-bond donors (Lipinski definition) is 1. The van der Waals surface area contributed by atoms with Crippen LogP contribution >= 0.6 is 0 Å². The molecule has 4 aromatic rings. The second kappa shape index (κ2) is 12.5. The van der Waals surface area contributed by atoms with Gasteiger partial charge in [0.25, 0.3) is 15.9 Å². The van der Waals surface area contributed by atoms with E-state index in [4.69, 9.17) is 0 Å². The van der Waals surface area contributed by atoms with Crippen LogP contribution in [0.5, 0.6) is 0 Å². The van der Waals surface area contributed by atoms with Crippen molar-refractivity contribution in [3.05, 3.63) is 131 Å². The van der Waals surface area contributed by atoms with Crippen molar-refractivity contribution in [3.8, 4) is 0 Å². The molecule has 0 saturated carbocycles. The number of para-hydroxylation sites is 1. The minimum absolute atomic E-state index is 0.0971. The predicted octanol–water partition coefficient (Wildman–Crippen LogP) is 5.92. The lowest BCUT2D eigenvalue weighted by Gasteiger charge is -2.27. The fourth-order valence-electron chi connectivity index (χ4n) is 5.08. The molecule has 0 spiro atoms. The van der Waals surface area contributed by atoms with Crippen LogP contribution < -0.4 is 9.62 Å². The molecule has 1 saturated heterocycles. The molecular formula is C33H35N3O3S. The van der Waals surface area contributed by atoms with Crippen molar-refractivity contribution in [3.63, 3.8) is 0 Å². The third-order valence-corrected chi connectivity index (χ3v) is 9.02. The van der Waals surface area contributed by atoms with E-state index in [1.807, 2.05) is 49.4 Å². The second-order valence-electron chi connectivity index (χ2n) is 10.3. The highest BCUT2D eigenvalue weighted by atomic mass is 32.2. The molecule has 0 radical (unpaired) electrons. The van der Waals surface area contributed by atoms with E-state index in [0.717, 1.165) is 36.3 Å². The van der Waals surface area contributed by atoms with Crippen molar-refractivity contribution < 1.29 is 13.2 Å². The van der Waals surface area contributed by atoms with Gasteiger partial charge in [0.05, 0.1) is 22.7 Å². The first kappa shape index (κ1) is 27.6. The Labute approximate surface area is 237 Å². The van der Waals surface area contributed by atoms with Crippen LogP contribution in [0.2, 0.25) is 0 Å². The van der Waals surface area contributed by atoms with E-state index >= 15 is 0 Å². The van der Waals surface area contributed by atoms with Crippen molar-refractivity contribution in [2.24, 2.45) is 0 Å². The average Bonchev–Trinajstić information content (AvgIpc) is 3.49. The van der Waals surface area contributed by atoms with E-state index in [2.05, 4.69) is 22.3 Å². The van der Waals surface area contributed by atoms with Gasteiger partial charge in [-0.15, -0.1) is 0 Å². The molecule has 0 atom stereocenters. The minimum atomic E-state index is -3.96. The van der Waals surface area contributed by atoms with Gasteiger partial charge in [-0.3, -0.25) is 14.0 Å². The molecule has 1 fully saturated rings. The van der Waals surface area contributed by atoms with Crippen molar-refractivity contribution in [2.75, 3.05) is 17.4 Å². The van der Waals surface area contributed by atoms with Crippen LogP contribution in [-0.2, 0) is 29.7 Å². The Hall–Kier alpha value is -3.94. The number of nitrogens with one attached hydrogen (secondary N) is 1. The van der Waals surface area contributed by atoms with E-state index in [9.17, 15) is 13.2 Å². The molecule has 4 aromatic carbocycles. The molecule has 1 N–H and O–H groups in total. The van der Waals surface area contributed by atoms with Crippen LogP contribution in [0.3, 0.4) is 0 Å². The van der Waals surface area contributed by atoms with Crippen molar-refractivity contribution in [2.45, 2.75) is 44.3 Å². The van der Waals surface area contributed by atoms with Crippen LogP contribution in [0.4, 0.5) is 5.69 Å². The molecule has 0 aliphatic carbocycles. The number of benzene rings is 4. The molecule has 1 amide bonds. The van der Waals surface area contributed by atoms with Gasteiger partial charge in [-0.2, -0.15) is 0 Å². The average molecular weight is 554 g/mol. The largest absolute Gasteiger partial charge is 0.348 e. The van der Waals surface area contributed by atoms with Gasteiger partial charge in [0, 0.05) is 13.1 Å². The van der Waals surface area contributed by atoms with Gasteiger partial charge < -0.3 is 5.32 Å². The summed E-state index contributed by atoms with van der Waals surface area (Å²) in [6.07, 6.45) is 2.49. The minimum Gasteiger partial charge on any atom is -0.348 e. The molecule has 7 heteroatoms. The number of hydrogen-bond acceptors (Lipinski definition) is 4. The third kappa shape index (κ3) is 6.61. The molecule has 1 heterocycles. The van der Waals surface area contributed by atoms with Gasteiger partial charge >= 0.3 is 0 Å². The van der Waals surface area contributed by atoms with Gasteiger partial charge in [-0.05, 0) is 73.8 Å². The predicted molar refractivity (Wildman–Crippen MR) is 160 cm³/mol. The van der Waals surface area contributed by atoms with Gasteiger partial charge in [-0.25, -0.2) is 8.42 Å². The summed E-state index contributed by atoms with van der Waals surface area (Å²) >= 11 is 0. The van der Waals surface area contributed by atoms with Crippen LogP contribution in [0.15, 0.2) is 108 Å². The summed E-state index contributed by atoms with van der Waals surface area (Å²) < 4.78 is 29.3. The van der Waals surface area contributed by atoms with E-state index in [-0.39, 0.29) is 17.3 Å². The lowest BCUT2D eigenvalue weighted by Crippen LogP contribution is -2.33. The summed E-state index contributed by atoms with van der Waals surface area (Å²) in [5, 5.41) is 3.02. The second-order valence-corrected chi connectivity index (χ2v) is 12.2. The number of nitrogens with zero attached hydrogens (tertiary/aromatic N) is 2. The Morgan fingerprint density at radius 2 is 1.45 bits per heavy atom. The highest BCUT2D eigenvalue weighted by Crippen LogP contribution is 2.29. The molecule has 0 bridgehead atoms. The Morgan fingerprint density at radius 3 is 2.20 bits per heavy atom. The van der Waals surface area contributed by atoms with Gasteiger partial charge in [0.15, 0.2) is 0 Å². The van der Waals surface area contributed by atoms with E-state index in [1.165, 1.54) is 22.7 Å². The topological polar surface area (TPSA) is 69.7 Å². The zero-order valence-electron chi connectivity index (χ0n) is 22.8. The summed E-state index contributed by atoms with van der Waals surface area (Å²) in [5.41, 5.74) is 4.68. The quantitative estimate of drug-likeness (QED) is 0.265. The maximum Gasteiger partial charge on any atom is 0.264 e. The third-order valence-electron chi connectivity index (χ3n) is 7.24. The molecular weight excluding hydrogens is 518 g/mol. The SMILES string of the molecule is Cc1ccc(S(=O)(=O)N(Cc2ccccc2)c2ccccc2C(=O)NCc2cccc(CN3CCCC3)c2)cc1. The zero-order valence-corrected chi connectivity index (χ0v) is 23.6. The molecule has 1 aliphatic rings. The Kier molecular flexibility index (Phi) is 8.63. The number of aryl methyl sites for hydroxylation is 1. The Morgan fingerprint density at radius 1 is 0.800 bits per heavy atom. The lowest BCUT2D eigenvalue weighted by molar-refractivity contribution is 0.0951. The highest BCUT2D eigenvalue weighted by molar-refractivity contribution is 7.92. The number of amides is 1. The number of carbonyl (C=O) groups excluding carboxylic acids is 1. The monoisotopic (exact) mass is 553 g/mol. The molecule has 206 valence electrons. The molecule has 0 aromatic heterocycles. The van der Waals surface area contributed by atoms with Gasteiger partial charge in [0.2, 0.25) is 0 Å². The normalized spacial score (nSPS) is 13.7. The van der Waals surface area contributed by atoms with Crippen LogP contribution in [0, 0.1) is 6.92 Å². The smallest absolute Gasteiger partial charge is 0.264 e. The summed E-state index contributed by atoms with van der Waals surface area (Å²) in [7, 11) is -3.96. The molecule has 40 heavy (non-hydrogen) atoms. The Balaban J connectivity index is 1.41. The number of sulfonamides is 1. The molecule has 5 rings (SSSR count). The zero-order chi connectivity index (χ0) is 28.0. The number of carbonyl (C=O) groups is 1. The molecule has 1 aliphatic heterocycles. The number of rotatable bonds is 10. The van der Waals surface area contributed by atoms with Crippen molar-refractivity contribution in [1.29, 1.82) is 0 Å². The van der Waals surface area contributed by atoms with Crippen LogP contribution in [-0.4, -0.2) is 32.3 Å². The lowest BCUT2D eigenvalue weighted by atomic mass is 10.1. The van der Waals surface area contributed by atoms with E-state index in [0.29, 0.717) is 17.8 Å². The van der Waals surface area contributed by atoms with Crippen molar-refractivity contribution in [1.82, 2.24) is 10.2 Å². The van der Waals surface area contributed by atoms with Gasteiger partial charge in [0.1, 0.15) is 0 Å². The summed E-state index contributed by atoms with van der Waals surface area (Å²) in [6, 6.07) is 31.4. The van der Waals surface area contributed by atoms with Crippen LogP contribution in [0.25, 0.3) is 0 Å². The number of likely N-dealkylation sites (tertiary alicyclic amines) is 1. The standard InChI is InChI=1S/C33H35N3O3S/c1-26-16-18-30(19-17-26)40(38,39)36(25-27-10-3-2-4-11-27)32-15-6-5-14-31(32)33(37)34-23-28-12-9-13-29(22-28)24-35-20-7-8-21-35/h2-6,9-19,22H,7-8,20-21,23-25H2,1H3,(H,34,37). The van der Waals surface area contributed by atoms with E-state index < -0.39 is 10.0 Å². The van der Waals surface area contributed by atoms with Gasteiger partial charge in [-0.1, -0.05) is 84.4 Å². The molecule has 6 nitrogen and oxygen atoms in total. The summed E-state index contributed by atoms with van der Waals surface area (Å²) in [4.78, 5) is 16.2.